The summed E-state index contributed by atoms with van der Waals surface area (Å²) in [7, 11) is 3.26. The molecule has 0 bridgehead atoms. The lowest BCUT2D eigenvalue weighted by molar-refractivity contribution is -0.142. The SMILES string of the molecule is [2H]c1cc(-c2ccc3nnn(CC(F)(F)F)c3c2)c2c(OC)nc(N[C@H]3CCN(C)C[C@H]3F)nn12. The average Bonchev–Trinajstić information content (AvgIpc) is 3.34. The molecule has 2 atom stereocenters. The molecule has 0 radical (unpaired) electrons. The average molecular weight is 479 g/mol. The predicted octanol–water partition coefficient (Wildman–Crippen LogP) is 3.17. The lowest BCUT2D eigenvalue weighted by atomic mass is 10.0. The fraction of sp³-hybridized carbons (Fsp3) is 0.429. The first kappa shape index (κ1) is 21.1. The monoisotopic (exact) mass is 479 g/mol. The van der Waals surface area contributed by atoms with Crippen molar-refractivity contribution in [3.05, 3.63) is 30.4 Å². The molecule has 34 heavy (non-hydrogen) atoms. The van der Waals surface area contributed by atoms with Gasteiger partial charge in [-0.3, -0.25) is 0 Å². The molecule has 1 saturated heterocycles. The zero-order valence-corrected chi connectivity index (χ0v) is 18.3. The van der Waals surface area contributed by atoms with Gasteiger partial charge in [-0.25, -0.2) is 13.6 Å². The van der Waals surface area contributed by atoms with E-state index in [-0.39, 0.29) is 30.1 Å². The van der Waals surface area contributed by atoms with Gasteiger partial charge in [0.1, 0.15) is 23.7 Å². The van der Waals surface area contributed by atoms with Crippen molar-refractivity contribution in [3.8, 4) is 17.0 Å². The van der Waals surface area contributed by atoms with E-state index in [9.17, 15) is 17.6 Å². The number of hydrogen-bond donors (Lipinski definition) is 1. The molecule has 3 aromatic heterocycles. The van der Waals surface area contributed by atoms with Crippen LogP contribution in [-0.4, -0.2) is 80.1 Å². The normalized spacial score (nSPS) is 20.1. The van der Waals surface area contributed by atoms with Crippen LogP contribution >= 0.6 is 0 Å². The summed E-state index contributed by atoms with van der Waals surface area (Å²) in [5.41, 5.74) is 1.86. The highest BCUT2D eigenvalue weighted by molar-refractivity contribution is 5.89. The van der Waals surface area contributed by atoms with E-state index in [1.165, 1.54) is 23.8 Å². The molecule has 1 aliphatic heterocycles. The summed E-state index contributed by atoms with van der Waals surface area (Å²) in [5, 5.41) is 14.8. The first-order chi connectivity index (χ1) is 16.6. The Kier molecular flexibility index (Phi) is 5.20. The molecule has 4 heterocycles. The smallest absolute Gasteiger partial charge is 0.408 e. The number of likely N-dealkylation sites (tertiary alicyclic amines) is 1. The molecular weight excluding hydrogens is 456 g/mol. The molecule has 1 aromatic carbocycles. The number of halogens is 4. The van der Waals surface area contributed by atoms with Crippen LogP contribution in [0.3, 0.4) is 0 Å². The van der Waals surface area contributed by atoms with Crippen molar-refractivity contribution < 1.29 is 23.7 Å². The minimum absolute atomic E-state index is 0.000877. The van der Waals surface area contributed by atoms with Crippen molar-refractivity contribution in [3.63, 3.8) is 0 Å². The highest BCUT2D eigenvalue weighted by Crippen LogP contribution is 2.33. The zero-order chi connectivity index (χ0) is 24.9. The van der Waals surface area contributed by atoms with Crippen LogP contribution in [0.1, 0.15) is 7.79 Å². The van der Waals surface area contributed by atoms with Crippen LogP contribution < -0.4 is 10.1 Å². The lowest BCUT2D eigenvalue weighted by Crippen LogP contribution is -2.46. The van der Waals surface area contributed by atoms with Gasteiger partial charge < -0.3 is 15.0 Å². The van der Waals surface area contributed by atoms with E-state index in [4.69, 9.17) is 6.11 Å². The first-order valence-corrected chi connectivity index (χ1v) is 10.6. The Morgan fingerprint density at radius 2 is 2.12 bits per heavy atom. The molecule has 1 fully saturated rings. The quantitative estimate of drug-likeness (QED) is 0.440. The van der Waals surface area contributed by atoms with E-state index in [1.54, 1.807) is 12.1 Å². The Balaban J connectivity index is 1.55. The van der Waals surface area contributed by atoms with Gasteiger partial charge in [0, 0.05) is 24.8 Å². The van der Waals surface area contributed by atoms with Gasteiger partial charge in [0.05, 0.1) is 20.0 Å². The van der Waals surface area contributed by atoms with Crippen LogP contribution in [0.5, 0.6) is 5.88 Å². The maximum atomic E-state index is 14.5. The van der Waals surface area contributed by atoms with Crippen LogP contribution in [0.15, 0.2) is 30.4 Å². The molecule has 0 aliphatic carbocycles. The summed E-state index contributed by atoms with van der Waals surface area (Å²) in [6.45, 7) is -0.269. The van der Waals surface area contributed by atoms with E-state index >= 15 is 0 Å². The molecule has 13 heteroatoms. The molecule has 1 N–H and O–H groups in total. The van der Waals surface area contributed by atoms with E-state index in [0.717, 1.165) is 11.2 Å². The second kappa shape index (κ2) is 8.38. The highest BCUT2D eigenvalue weighted by Gasteiger charge is 2.30. The zero-order valence-electron chi connectivity index (χ0n) is 19.3. The molecular formula is C21H22F4N8O. The van der Waals surface area contributed by atoms with Crippen molar-refractivity contribution in [1.29, 1.82) is 0 Å². The van der Waals surface area contributed by atoms with Crippen LogP contribution in [0.2, 0.25) is 0 Å². The topological polar surface area (TPSA) is 85.4 Å². The van der Waals surface area contributed by atoms with Crippen LogP contribution in [0.4, 0.5) is 23.5 Å². The number of ether oxygens (including phenoxy) is 1. The summed E-state index contributed by atoms with van der Waals surface area (Å²) in [6.07, 6.45) is -5.01. The van der Waals surface area contributed by atoms with E-state index in [0.29, 0.717) is 28.6 Å². The van der Waals surface area contributed by atoms with Gasteiger partial charge in [-0.2, -0.15) is 18.2 Å². The molecule has 0 unspecified atom stereocenters. The predicted molar refractivity (Wildman–Crippen MR) is 117 cm³/mol. The number of aromatic nitrogens is 6. The molecule has 180 valence electrons. The Morgan fingerprint density at radius 1 is 1.29 bits per heavy atom. The number of nitrogens with one attached hydrogen (secondary N) is 1. The Morgan fingerprint density at radius 3 is 2.85 bits per heavy atom. The molecule has 0 spiro atoms. The fourth-order valence-electron chi connectivity index (χ4n) is 4.15. The second-order valence-corrected chi connectivity index (χ2v) is 8.28. The minimum Gasteiger partial charge on any atom is -0.479 e. The number of anilines is 1. The van der Waals surface area contributed by atoms with Gasteiger partial charge in [-0.1, -0.05) is 11.3 Å². The van der Waals surface area contributed by atoms with Gasteiger partial charge in [-0.15, -0.1) is 10.2 Å². The molecule has 0 amide bonds. The molecule has 5 rings (SSSR count). The number of hydrogen-bond acceptors (Lipinski definition) is 7. The maximum Gasteiger partial charge on any atom is 0.408 e. The third kappa shape index (κ3) is 4.22. The van der Waals surface area contributed by atoms with Crippen LogP contribution in [0, 0.1) is 0 Å². The van der Waals surface area contributed by atoms with Crippen LogP contribution in [0.25, 0.3) is 27.7 Å². The summed E-state index contributed by atoms with van der Waals surface area (Å²) >= 11 is 0. The minimum atomic E-state index is -4.46. The standard InChI is InChI=1S/C21H22F4N8O/c1-31-7-6-15(14(22)10-31)26-20-27-19(34-2)18-13(5-8-32(18)29-20)12-3-4-16-17(9-12)33(30-28-16)11-21(23,24)25/h3-5,8-9,14-15H,6-7,10-11H2,1-2H3,(H,26,29)/t14-,15+/m1/s1/i8D. The molecule has 9 nitrogen and oxygen atoms in total. The summed E-state index contributed by atoms with van der Waals surface area (Å²) in [5.74, 6) is 0.256. The van der Waals surface area contributed by atoms with E-state index < -0.39 is 24.9 Å². The Bertz CT molecular complexity index is 1390. The summed E-state index contributed by atoms with van der Waals surface area (Å²) in [6, 6.07) is 5.78. The summed E-state index contributed by atoms with van der Waals surface area (Å²) in [4.78, 5) is 6.28. The first-order valence-electron chi connectivity index (χ1n) is 11.1. The Labute approximate surface area is 192 Å². The van der Waals surface area contributed by atoms with Gasteiger partial charge in [0.25, 0.3) is 0 Å². The fourth-order valence-corrected chi connectivity index (χ4v) is 4.15. The summed E-state index contributed by atoms with van der Waals surface area (Å²) < 4.78 is 69.3. The van der Waals surface area contributed by atoms with Gasteiger partial charge in [0.2, 0.25) is 11.8 Å². The Hall–Kier alpha value is -3.48. The number of nitrogens with zero attached hydrogens (tertiary/aromatic N) is 7. The van der Waals surface area contributed by atoms with E-state index in [2.05, 4.69) is 25.7 Å². The van der Waals surface area contributed by atoms with Crippen molar-refractivity contribution >= 4 is 22.5 Å². The van der Waals surface area contributed by atoms with Gasteiger partial charge in [0.15, 0.2) is 0 Å². The third-order valence-electron chi connectivity index (χ3n) is 5.81. The van der Waals surface area contributed by atoms with Gasteiger partial charge in [-0.05, 0) is 37.2 Å². The largest absolute Gasteiger partial charge is 0.479 e. The lowest BCUT2D eigenvalue weighted by Gasteiger charge is -2.32. The molecule has 1 aliphatic rings. The third-order valence-corrected chi connectivity index (χ3v) is 5.81. The number of rotatable bonds is 5. The molecule has 4 aromatic rings. The van der Waals surface area contributed by atoms with Crippen molar-refractivity contribution in [2.24, 2.45) is 0 Å². The molecule has 0 saturated carbocycles. The number of alkyl halides is 4. The number of piperidine rings is 1. The van der Waals surface area contributed by atoms with Crippen molar-refractivity contribution in [2.45, 2.75) is 31.4 Å². The number of methoxy groups -OCH3 is 1. The van der Waals surface area contributed by atoms with Gasteiger partial charge >= 0.3 is 6.18 Å². The van der Waals surface area contributed by atoms with Crippen molar-refractivity contribution in [2.75, 3.05) is 32.6 Å². The maximum absolute atomic E-state index is 14.5. The van der Waals surface area contributed by atoms with Crippen LogP contribution in [-0.2, 0) is 6.54 Å². The number of fused-ring (bicyclic) bond motifs is 2. The number of benzene rings is 1. The second-order valence-electron chi connectivity index (χ2n) is 8.28. The van der Waals surface area contributed by atoms with Crippen molar-refractivity contribution in [1.82, 2.24) is 34.5 Å². The highest BCUT2D eigenvalue weighted by atomic mass is 19.4. The van der Waals surface area contributed by atoms with E-state index in [1.807, 2.05) is 11.9 Å².